The number of Topliss-reactive ketones (excluding diaryl/α,β-unsaturated/α-hetero) is 1. The monoisotopic (exact) mass is 270 g/mol. The standard InChI is InChI=1S/C12H18N2O5/c1-2-7(15)3-4-9(12(18)19)14-11(17)8-5-6-10(16)13-8/h8-9H,2-6H2,1H3,(H,13,16)(H,14,17)(H,18,19)/t8-,9+/m1/s1. The van der Waals surface area contributed by atoms with Crippen LogP contribution < -0.4 is 10.6 Å². The van der Waals surface area contributed by atoms with E-state index in [1.54, 1.807) is 6.92 Å². The van der Waals surface area contributed by atoms with Crippen molar-refractivity contribution in [1.29, 1.82) is 0 Å². The number of hydrogen-bond acceptors (Lipinski definition) is 4. The van der Waals surface area contributed by atoms with E-state index in [0.29, 0.717) is 12.8 Å². The van der Waals surface area contributed by atoms with Gasteiger partial charge in [-0.05, 0) is 12.8 Å². The van der Waals surface area contributed by atoms with Crippen LogP contribution in [-0.2, 0) is 19.2 Å². The molecule has 7 nitrogen and oxygen atoms in total. The highest BCUT2D eigenvalue weighted by molar-refractivity contribution is 5.93. The van der Waals surface area contributed by atoms with Crippen molar-refractivity contribution in [3.8, 4) is 0 Å². The van der Waals surface area contributed by atoms with Gasteiger partial charge in [0.25, 0.3) is 0 Å². The zero-order valence-electron chi connectivity index (χ0n) is 10.8. The molecule has 1 aliphatic rings. The highest BCUT2D eigenvalue weighted by Gasteiger charge is 2.30. The molecule has 0 aromatic rings. The number of nitrogens with one attached hydrogen (secondary N) is 2. The second kappa shape index (κ2) is 6.86. The average molecular weight is 270 g/mol. The molecule has 0 aromatic heterocycles. The van der Waals surface area contributed by atoms with Gasteiger partial charge in [0.05, 0.1) is 0 Å². The Balaban J connectivity index is 2.48. The Kier molecular flexibility index (Phi) is 5.47. The first-order valence-electron chi connectivity index (χ1n) is 6.28. The average Bonchev–Trinajstić information content (AvgIpc) is 2.80. The fourth-order valence-electron chi connectivity index (χ4n) is 1.82. The number of aliphatic carboxylic acids is 1. The molecule has 0 aliphatic carbocycles. The molecule has 1 heterocycles. The second-order valence-electron chi connectivity index (χ2n) is 4.49. The van der Waals surface area contributed by atoms with Crippen LogP contribution in [-0.4, -0.2) is 40.8 Å². The summed E-state index contributed by atoms with van der Waals surface area (Å²) in [7, 11) is 0. The Morgan fingerprint density at radius 2 is 2.16 bits per heavy atom. The van der Waals surface area contributed by atoms with Gasteiger partial charge in [-0.3, -0.25) is 14.4 Å². The molecule has 7 heteroatoms. The predicted molar refractivity (Wildman–Crippen MR) is 65.3 cm³/mol. The Hall–Kier alpha value is -1.92. The van der Waals surface area contributed by atoms with E-state index in [4.69, 9.17) is 5.11 Å². The number of amides is 2. The van der Waals surface area contributed by atoms with Crippen molar-refractivity contribution in [2.75, 3.05) is 0 Å². The van der Waals surface area contributed by atoms with Gasteiger partial charge < -0.3 is 15.7 Å². The van der Waals surface area contributed by atoms with E-state index >= 15 is 0 Å². The molecule has 3 N–H and O–H groups in total. The van der Waals surface area contributed by atoms with Gasteiger partial charge in [0.2, 0.25) is 11.8 Å². The highest BCUT2D eigenvalue weighted by Crippen LogP contribution is 2.08. The van der Waals surface area contributed by atoms with Crippen molar-refractivity contribution in [3.05, 3.63) is 0 Å². The molecule has 1 rings (SSSR count). The van der Waals surface area contributed by atoms with Gasteiger partial charge in [0, 0.05) is 19.3 Å². The number of ketones is 1. The molecule has 2 amide bonds. The zero-order valence-corrected chi connectivity index (χ0v) is 10.8. The van der Waals surface area contributed by atoms with Crippen LogP contribution in [0.2, 0.25) is 0 Å². The lowest BCUT2D eigenvalue weighted by Gasteiger charge is -2.17. The first-order valence-corrected chi connectivity index (χ1v) is 6.28. The molecular formula is C12H18N2O5. The Labute approximate surface area is 110 Å². The molecule has 0 saturated carbocycles. The third-order valence-electron chi connectivity index (χ3n) is 3.03. The summed E-state index contributed by atoms with van der Waals surface area (Å²) in [6, 6.07) is -1.77. The van der Waals surface area contributed by atoms with Crippen LogP contribution in [0.25, 0.3) is 0 Å². The lowest BCUT2D eigenvalue weighted by molar-refractivity contribution is -0.142. The van der Waals surface area contributed by atoms with E-state index in [-0.39, 0.29) is 31.0 Å². The van der Waals surface area contributed by atoms with Crippen molar-refractivity contribution in [2.24, 2.45) is 0 Å². The van der Waals surface area contributed by atoms with Crippen molar-refractivity contribution in [1.82, 2.24) is 10.6 Å². The summed E-state index contributed by atoms with van der Waals surface area (Å²) in [4.78, 5) is 44.9. The molecule has 19 heavy (non-hydrogen) atoms. The summed E-state index contributed by atoms with van der Waals surface area (Å²) in [5.74, 6) is -1.95. The first-order chi connectivity index (χ1) is 8.93. The lowest BCUT2D eigenvalue weighted by atomic mass is 10.1. The van der Waals surface area contributed by atoms with Crippen molar-refractivity contribution in [2.45, 2.75) is 51.1 Å². The molecular weight excluding hydrogens is 252 g/mol. The highest BCUT2D eigenvalue weighted by atomic mass is 16.4. The third-order valence-corrected chi connectivity index (χ3v) is 3.03. The number of carbonyl (C=O) groups is 4. The summed E-state index contributed by atoms with van der Waals surface area (Å²) < 4.78 is 0. The van der Waals surface area contributed by atoms with E-state index < -0.39 is 24.0 Å². The summed E-state index contributed by atoms with van der Waals surface area (Å²) in [5.41, 5.74) is 0. The minimum absolute atomic E-state index is 0.0466. The van der Waals surface area contributed by atoms with Gasteiger partial charge in [0.15, 0.2) is 0 Å². The smallest absolute Gasteiger partial charge is 0.326 e. The topological polar surface area (TPSA) is 113 Å². The molecule has 0 unspecified atom stereocenters. The molecule has 1 aliphatic heterocycles. The van der Waals surface area contributed by atoms with Crippen LogP contribution in [0.5, 0.6) is 0 Å². The van der Waals surface area contributed by atoms with Gasteiger partial charge in [-0.2, -0.15) is 0 Å². The summed E-state index contributed by atoms with van der Waals surface area (Å²) >= 11 is 0. The summed E-state index contributed by atoms with van der Waals surface area (Å²) in [6.07, 6.45) is 1.16. The fourth-order valence-corrected chi connectivity index (χ4v) is 1.82. The number of hydrogen-bond donors (Lipinski definition) is 3. The van der Waals surface area contributed by atoms with Gasteiger partial charge in [0.1, 0.15) is 17.9 Å². The fraction of sp³-hybridized carbons (Fsp3) is 0.667. The molecule has 0 aromatic carbocycles. The minimum atomic E-state index is -1.18. The molecule has 0 bridgehead atoms. The first kappa shape index (κ1) is 15.1. The number of carboxylic acids is 1. The van der Waals surface area contributed by atoms with E-state index in [9.17, 15) is 19.2 Å². The van der Waals surface area contributed by atoms with Crippen molar-refractivity contribution >= 4 is 23.6 Å². The minimum Gasteiger partial charge on any atom is -0.480 e. The van der Waals surface area contributed by atoms with E-state index in [0.717, 1.165) is 0 Å². The SMILES string of the molecule is CCC(=O)CC[C@H](NC(=O)[C@H]1CCC(=O)N1)C(=O)O. The molecule has 0 spiro atoms. The quantitative estimate of drug-likeness (QED) is 0.582. The number of carboxylic acid groups (broad SMARTS) is 1. The molecule has 1 saturated heterocycles. The van der Waals surface area contributed by atoms with E-state index in [1.807, 2.05) is 0 Å². The normalized spacial score (nSPS) is 19.6. The largest absolute Gasteiger partial charge is 0.480 e. The van der Waals surface area contributed by atoms with Crippen molar-refractivity contribution < 1.29 is 24.3 Å². The zero-order chi connectivity index (χ0) is 14.4. The Morgan fingerprint density at radius 3 is 2.63 bits per heavy atom. The van der Waals surface area contributed by atoms with Gasteiger partial charge >= 0.3 is 5.97 Å². The molecule has 0 radical (unpaired) electrons. The number of rotatable bonds is 7. The predicted octanol–water partition coefficient (Wildman–Crippen LogP) is -0.406. The van der Waals surface area contributed by atoms with E-state index in [1.165, 1.54) is 0 Å². The molecule has 1 fully saturated rings. The molecule has 2 atom stereocenters. The maximum absolute atomic E-state index is 11.7. The Bertz CT molecular complexity index is 394. The van der Waals surface area contributed by atoms with Crippen LogP contribution in [0.15, 0.2) is 0 Å². The number of carbonyl (C=O) groups excluding carboxylic acids is 3. The third kappa shape index (κ3) is 4.69. The summed E-state index contributed by atoms with van der Waals surface area (Å²) in [5, 5.41) is 13.8. The second-order valence-corrected chi connectivity index (χ2v) is 4.49. The Morgan fingerprint density at radius 1 is 1.47 bits per heavy atom. The molecule has 106 valence electrons. The van der Waals surface area contributed by atoms with Crippen molar-refractivity contribution in [3.63, 3.8) is 0 Å². The van der Waals surface area contributed by atoms with Crippen LogP contribution in [0.1, 0.15) is 39.0 Å². The maximum atomic E-state index is 11.7. The van der Waals surface area contributed by atoms with Crippen LogP contribution in [0.3, 0.4) is 0 Å². The van der Waals surface area contributed by atoms with Crippen LogP contribution >= 0.6 is 0 Å². The van der Waals surface area contributed by atoms with Gasteiger partial charge in [-0.25, -0.2) is 4.79 Å². The maximum Gasteiger partial charge on any atom is 0.326 e. The van der Waals surface area contributed by atoms with Crippen LogP contribution in [0.4, 0.5) is 0 Å². The van der Waals surface area contributed by atoms with Gasteiger partial charge in [-0.1, -0.05) is 6.92 Å². The van der Waals surface area contributed by atoms with Gasteiger partial charge in [-0.15, -0.1) is 0 Å². The van der Waals surface area contributed by atoms with E-state index in [2.05, 4.69) is 10.6 Å². The lowest BCUT2D eigenvalue weighted by Crippen LogP contribution is -2.48. The summed E-state index contributed by atoms with van der Waals surface area (Å²) in [6.45, 7) is 1.70. The van der Waals surface area contributed by atoms with Crippen LogP contribution in [0, 0.1) is 0 Å².